The second kappa shape index (κ2) is 5.83. The molecule has 1 heterocycles. The fourth-order valence-electron chi connectivity index (χ4n) is 2.41. The number of anilines is 1. The highest BCUT2D eigenvalue weighted by Gasteiger charge is 2.34. The monoisotopic (exact) mass is 324 g/mol. The van der Waals surface area contributed by atoms with E-state index in [2.05, 4.69) is 0 Å². The van der Waals surface area contributed by atoms with E-state index in [9.17, 15) is 4.79 Å². The van der Waals surface area contributed by atoms with E-state index in [-0.39, 0.29) is 5.91 Å². The maximum absolute atomic E-state index is 12.8. The number of carbonyl (C=O) groups excluding carboxylic acids is 1. The number of methoxy groups -OCH3 is 1. The van der Waals surface area contributed by atoms with Gasteiger partial charge < -0.3 is 15.4 Å². The molecule has 1 amide bonds. The molecule has 112 valence electrons. The van der Waals surface area contributed by atoms with Crippen molar-refractivity contribution in [3.8, 4) is 0 Å². The number of thiophene rings is 1. The van der Waals surface area contributed by atoms with Gasteiger partial charge in [-0.2, -0.15) is 0 Å². The molecule has 0 aliphatic heterocycles. The lowest BCUT2D eigenvalue weighted by molar-refractivity contribution is 0.0686. The van der Waals surface area contributed by atoms with Crippen LogP contribution in [0, 0.1) is 0 Å². The summed E-state index contributed by atoms with van der Waals surface area (Å²) in [5, 5.41) is 1.55. The fraction of sp³-hybridized carbons (Fsp3) is 0.400. The van der Waals surface area contributed by atoms with Crippen LogP contribution in [0.5, 0.6) is 0 Å². The quantitative estimate of drug-likeness (QED) is 0.917. The SMILES string of the molecule is COCCN(C(=O)c1sc2cc(Cl)ccc2c1N)C1CC1. The van der Waals surface area contributed by atoms with E-state index in [4.69, 9.17) is 22.1 Å². The van der Waals surface area contributed by atoms with Gasteiger partial charge in [0, 0.05) is 34.8 Å². The average molecular weight is 325 g/mol. The van der Waals surface area contributed by atoms with Gasteiger partial charge in [-0.15, -0.1) is 11.3 Å². The predicted molar refractivity (Wildman–Crippen MR) is 87.2 cm³/mol. The van der Waals surface area contributed by atoms with Crippen LogP contribution in [0.1, 0.15) is 22.5 Å². The van der Waals surface area contributed by atoms with E-state index in [1.807, 2.05) is 17.0 Å². The number of hydrogen-bond donors (Lipinski definition) is 1. The molecule has 2 aromatic rings. The Morgan fingerprint density at radius 2 is 2.29 bits per heavy atom. The highest BCUT2D eigenvalue weighted by molar-refractivity contribution is 7.21. The molecule has 1 aliphatic rings. The molecule has 0 unspecified atom stereocenters. The Labute approximate surface area is 132 Å². The van der Waals surface area contributed by atoms with E-state index < -0.39 is 0 Å². The molecule has 4 nitrogen and oxygen atoms in total. The summed E-state index contributed by atoms with van der Waals surface area (Å²) in [6.07, 6.45) is 2.12. The molecule has 3 rings (SSSR count). The maximum atomic E-state index is 12.8. The van der Waals surface area contributed by atoms with Gasteiger partial charge in [-0.05, 0) is 31.0 Å². The Morgan fingerprint density at radius 1 is 1.52 bits per heavy atom. The molecule has 0 spiro atoms. The Balaban J connectivity index is 1.94. The standard InChI is InChI=1S/C15H17ClN2O2S/c1-20-7-6-18(10-3-4-10)15(19)14-13(17)11-5-2-9(16)8-12(11)21-14/h2,5,8,10H,3-4,6-7,17H2,1H3. The second-order valence-electron chi connectivity index (χ2n) is 5.21. The summed E-state index contributed by atoms with van der Waals surface area (Å²) in [7, 11) is 1.64. The van der Waals surface area contributed by atoms with Crippen molar-refractivity contribution in [1.29, 1.82) is 0 Å². The van der Waals surface area contributed by atoms with Crippen LogP contribution >= 0.6 is 22.9 Å². The molecule has 0 atom stereocenters. The van der Waals surface area contributed by atoms with Crippen LogP contribution < -0.4 is 5.73 Å². The number of carbonyl (C=O) groups is 1. The van der Waals surface area contributed by atoms with Crippen LogP contribution in [-0.2, 0) is 4.74 Å². The summed E-state index contributed by atoms with van der Waals surface area (Å²) in [4.78, 5) is 15.3. The van der Waals surface area contributed by atoms with Crippen molar-refractivity contribution in [2.75, 3.05) is 26.0 Å². The first-order valence-electron chi connectivity index (χ1n) is 6.89. The van der Waals surface area contributed by atoms with Crippen LogP contribution in [0.3, 0.4) is 0 Å². The molecule has 2 N–H and O–H groups in total. The Kier molecular flexibility index (Phi) is 4.06. The molecule has 1 saturated carbocycles. The lowest BCUT2D eigenvalue weighted by Gasteiger charge is -2.21. The maximum Gasteiger partial charge on any atom is 0.266 e. The van der Waals surface area contributed by atoms with Crippen molar-refractivity contribution < 1.29 is 9.53 Å². The molecule has 6 heteroatoms. The summed E-state index contributed by atoms with van der Waals surface area (Å²) in [6.45, 7) is 1.15. The minimum Gasteiger partial charge on any atom is -0.397 e. The van der Waals surface area contributed by atoms with Gasteiger partial charge in [0.2, 0.25) is 0 Å². The number of amides is 1. The smallest absolute Gasteiger partial charge is 0.266 e. The third-order valence-electron chi connectivity index (χ3n) is 3.67. The Hall–Kier alpha value is -1.30. The first kappa shape index (κ1) is 14.6. The van der Waals surface area contributed by atoms with Gasteiger partial charge in [0.25, 0.3) is 5.91 Å². The number of benzene rings is 1. The first-order chi connectivity index (χ1) is 10.1. The number of nitrogens with zero attached hydrogens (tertiary/aromatic N) is 1. The van der Waals surface area contributed by atoms with Crippen molar-refractivity contribution in [2.45, 2.75) is 18.9 Å². The average Bonchev–Trinajstić information content (AvgIpc) is 3.24. The lowest BCUT2D eigenvalue weighted by Crippen LogP contribution is -2.35. The molecule has 21 heavy (non-hydrogen) atoms. The number of hydrogen-bond acceptors (Lipinski definition) is 4. The minimum absolute atomic E-state index is 0.00405. The lowest BCUT2D eigenvalue weighted by atomic mass is 10.2. The Morgan fingerprint density at radius 3 is 2.95 bits per heavy atom. The van der Waals surface area contributed by atoms with Crippen molar-refractivity contribution >= 4 is 44.6 Å². The van der Waals surface area contributed by atoms with Gasteiger partial charge >= 0.3 is 0 Å². The number of fused-ring (bicyclic) bond motifs is 1. The Bertz CT molecular complexity index is 682. The zero-order chi connectivity index (χ0) is 15.0. The molecule has 1 fully saturated rings. The highest BCUT2D eigenvalue weighted by atomic mass is 35.5. The number of nitrogens with two attached hydrogens (primary N) is 1. The van der Waals surface area contributed by atoms with Crippen molar-refractivity contribution in [3.05, 3.63) is 28.1 Å². The normalized spacial score (nSPS) is 14.6. The van der Waals surface area contributed by atoms with Crippen molar-refractivity contribution in [2.24, 2.45) is 0 Å². The zero-order valence-electron chi connectivity index (χ0n) is 11.8. The molecule has 0 bridgehead atoms. The van der Waals surface area contributed by atoms with Gasteiger partial charge in [-0.3, -0.25) is 4.79 Å². The van der Waals surface area contributed by atoms with E-state index >= 15 is 0 Å². The summed E-state index contributed by atoms with van der Waals surface area (Å²) in [5.41, 5.74) is 6.72. The van der Waals surface area contributed by atoms with Gasteiger partial charge in [-0.25, -0.2) is 0 Å². The van der Waals surface area contributed by atoms with E-state index in [0.29, 0.717) is 34.8 Å². The van der Waals surface area contributed by atoms with Crippen LogP contribution in [0.25, 0.3) is 10.1 Å². The van der Waals surface area contributed by atoms with Crippen molar-refractivity contribution in [3.63, 3.8) is 0 Å². The van der Waals surface area contributed by atoms with E-state index in [1.165, 1.54) is 11.3 Å². The van der Waals surface area contributed by atoms with Crippen LogP contribution in [0.4, 0.5) is 5.69 Å². The third kappa shape index (κ3) is 2.86. The van der Waals surface area contributed by atoms with Crippen LogP contribution in [0.15, 0.2) is 18.2 Å². The predicted octanol–water partition coefficient (Wildman–Crippen LogP) is 3.39. The number of nitrogen functional groups attached to an aromatic ring is 1. The number of rotatable bonds is 5. The number of halogens is 1. The van der Waals surface area contributed by atoms with E-state index in [1.54, 1.807) is 13.2 Å². The van der Waals surface area contributed by atoms with Crippen LogP contribution in [-0.4, -0.2) is 37.1 Å². The first-order valence-corrected chi connectivity index (χ1v) is 8.08. The summed E-state index contributed by atoms with van der Waals surface area (Å²) in [5.74, 6) is 0.00405. The van der Waals surface area contributed by atoms with E-state index in [0.717, 1.165) is 22.9 Å². The van der Waals surface area contributed by atoms with Gasteiger partial charge in [0.1, 0.15) is 4.88 Å². The summed E-state index contributed by atoms with van der Waals surface area (Å²) in [6, 6.07) is 5.85. The van der Waals surface area contributed by atoms with Crippen LogP contribution in [0.2, 0.25) is 5.02 Å². The molecule has 1 aromatic heterocycles. The molecular formula is C15H17ClN2O2S. The van der Waals surface area contributed by atoms with Gasteiger partial charge in [0.15, 0.2) is 0 Å². The van der Waals surface area contributed by atoms with Gasteiger partial charge in [-0.1, -0.05) is 11.6 Å². The molecular weight excluding hydrogens is 308 g/mol. The number of ether oxygens (including phenoxy) is 1. The molecule has 0 radical (unpaired) electrons. The largest absolute Gasteiger partial charge is 0.397 e. The van der Waals surface area contributed by atoms with Crippen molar-refractivity contribution in [1.82, 2.24) is 4.90 Å². The summed E-state index contributed by atoms with van der Waals surface area (Å²) < 4.78 is 6.05. The molecule has 0 saturated heterocycles. The minimum atomic E-state index is 0.00405. The summed E-state index contributed by atoms with van der Waals surface area (Å²) >= 11 is 7.42. The zero-order valence-corrected chi connectivity index (χ0v) is 13.3. The fourth-order valence-corrected chi connectivity index (χ4v) is 3.76. The molecule has 1 aromatic carbocycles. The topological polar surface area (TPSA) is 55.6 Å². The molecule has 1 aliphatic carbocycles. The van der Waals surface area contributed by atoms with Gasteiger partial charge in [0.05, 0.1) is 12.3 Å². The second-order valence-corrected chi connectivity index (χ2v) is 6.70. The third-order valence-corrected chi connectivity index (χ3v) is 5.06. The highest BCUT2D eigenvalue weighted by Crippen LogP contribution is 2.37.